The molecule has 0 radical (unpaired) electrons. The Hall–Kier alpha value is -1.51. The number of ether oxygens (including phenoxy) is 1. The number of carbonyl (C=O) groups excluding carboxylic acids is 1. The minimum Gasteiger partial charge on any atom is -0.481 e. The monoisotopic (exact) mass is 275 g/mol. The van der Waals surface area contributed by atoms with E-state index in [0.29, 0.717) is 0 Å². The van der Waals surface area contributed by atoms with Gasteiger partial charge in [0.1, 0.15) is 5.75 Å². The lowest BCUT2D eigenvalue weighted by molar-refractivity contribution is -0.139. The first-order valence-corrected chi connectivity index (χ1v) is 7.65. The number of para-hydroxylation sites is 1. The van der Waals surface area contributed by atoms with Crippen LogP contribution in [0.1, 0.15) is 39.2 Å². The molecule has 2 rings (SSSR count). The Morgan fingerprint density at radius 3 is 2.65 bits per heavy atom. The van der Waals surface area contributed by atoms with Gasteiger partial charge in [0.05, 0.1) is 0 Å². The fourth-order valence-electron chi connectivity index (χ4n) is 2.64. The Kier molecular flexibility index (Phi) is 5.05. The fourth-order valence-corrected chi connectivity index (χ4v) is 2.64. The van der Waals surface area contributed by atoms with Crippen LogP contribution in [0.25, 0.3) is 0 Å². The second kappa shape index (κ2) is 6.78. The van der Waals surface area contributed by atoms with Gasteiger partial charge in [-0.3, -0.25) is 4.79 Å². The van der Waals surface area contributed by atoms with Gasteiger partial charge in [-0.05, 0) is 43.7 Å². The molecule has 3 heteroatoms. The molecular formula is C17H25NO2. The van der Waals surface area contributed by atoms with Crippen molar-refractivity contribution in [2.45, 2.75) is 46.1 Å². The zero-order valence-electron chi connectivity index (χ0n) is 12.8. The first kappa shape index (κ1) is 14.9. The van der Waals surface area contributed by atoms with E-state index >= 15 is 0 Å². The van der Waals surface area contributed by atoms with E-state index in [2.05, 4.69) is 19.9 Å². The number of hydrogen-bond acceptors (Lipinski definition) is 2. The van der Waals surface area contributed by atoms with Crippen molar-refractivity contribution in [3.8, 4) is 5.75 Å². The van der Waals surface area contributed by atoms with Gasteiger partial charge in [-0.25, -0.2) is 0 Å². The van der Waals surface area contributed by atoms with Gasteiger partial charge in [0.15, 0.2) is 6.10 Å². The highest BCUT2D eigenvalue weighted by molar-refractivity contribution is 5.81. The molecule has 0 N–H and O–H groups in total. The lowest BCUT2D eigenvalue weighted by atomic mass is 9.99. The number of aryl methyl sites for hydroxylation is 1. The Morgan fingerprint density at radius 1 is 1.35 bits per heavy atom. The minimum atomic E-state index is -0.406. The molecule has 0 unspecified atom stereocenters. The number of amides is 1. The van der Waals surface area contributed by atoms with Crippen molar-refractivity contribution in [2.75, 3.05) is 13.1 Å². The molecule has 1 aromatic rings. The molecule has 1 heterocycles. The number of likely N-dealkylation sites (tertiary alicyclic amines) is 1. The number of benzene rings is 1. The van der Waals surface area contributed by atoms with Crippen molar-refractivity contribution in [3.63, 3.8) is 0 Å². The van der Waals surface area contributed by atoms with Crippen molar-refractivity contribution in [1.29, 1.82) is 0 Å². The van der Waals surface area contributed by atoms with Crippen molar-refractivity contribution in [2.24, 2.45) is 5.92 Å². The SMILES string of the molecule is CCc1ccccc1O[C@H](C)C(=O)N1CCC(C)CC1. The molecule has 110 valence electrons. The summed E-state index contributed by atoms with van der Waals surface area (Å²) in [5.41, 5.74) is 1.15. The van der Waals surface area contributed by atoms with E-state index in [-0.39, 0.29) is 5.91 Å². The van der Waals surface area contributed by atoms with E-state index in [4.69, 9.17) is 4.74 Å². The molecule has 1 saturated heterocycles. The maximum absolute atomic E-state index is 12.4. The quantitative estimate of drug-likeness (QED) is 0.844. The highest BCUT2D eigenvalue weighted by atomic mass is 16.5. The summed E-state index contributed by atoms with van der Waals surface area (Å²) in [6, 6.07) is 7.95. The zero-order valence-corrected chi connectivity index (χ0v) is 12.8. The van der Waals surface area contributed by atoms with Crippen LogP contribution in [0.4, 0.5) is 0 Å². The summed E-state index contributed by atoms with van der Waals surface area (Å²) in [4.78, 5) is 14.4. The summed E-state index contributed by atoms with van der Waals surface area (Å²) in [5.74, 6) is 1.68. The molecule has 3 nitrogen and oxygen atoms in total. The second-order valence-corrected chi connectivity index (χ2v) is 5.73. The summed E-state index contributed by atoms with van der Waals surface area (Å²) < 4.78 is 5.89. The Bertz CT molecular complexity index is 450. The third kappa shape index (κ3) is 3.53. The van der Waals surface area contributed by atoms with Crippen LogP contribution in [0.2, 0.25) is 0 Å². The maximum atomic E-state index is 12.4. The molecule has 0 bridgehead atoms. The Labute approximate surface area is 121 Å². The van der Waals surface area contributed by atoms with Crippen LogP contribution in [-0.2, 0) is 11.2 Å². The van der Waals surface area contributed by atoms with Gasteiger partial charge in [-0.2, -0.15) is 0 Å². The van der Waals surface area contributed by atoms with Gasteiger partial charge in [0, 0.05) is 13.1 Å². The molecule has 20 heavy (non-hydrogen) atoms. The first-order chi connectivity index (χ1) is 9.61. The Morgan fingerprint density at radius 2 is 2.00 bits per heavy atom. The molecule has 0 aromatic heterocycles. The molecule has 1 aliphatic heterocycles. The summed E-state index contributed by atoms with van der Waals surface area (Å²) in [6.45, 7) is 7.93. The van der Waals surface area contributed by atoms with Gasteiger partial charge >= 0.3 is 0 Å². The number of piperidine rings is 1. The molecule has 1 amide bonds. The van der Waals surface area contributed by atoms with E-state index in [9.17, 15) is 4.79 Å². The standard InChI is InChI=1S/C17H25NO2/c1-4-15-7-5-6-8-16(15)20-14(3)17(19)18-11-9-13(2)10-12-18/h5-8,13-14H,4,9-12H2,1-3H3/t14-/m1/s1. The van der Waals surface area contributed by atoms with E-state index in [1.54, 1.807) is 0 Å². The van der Waals surface area contributed by atoms with Gasteiger partial charge in [-0.15, -0.1) is 0 Å². The van der Waals surface area contributed by atoms with Crippen LogP contribution >= 0.6 is 0 Å². The molecule has 1 fully saturated rings. The third-order valence-corrected chi connectivity index (χ3v) is 4.10. The number of rotatable bonds is 4. The van der Waals surface area contributed by atoms with Crippen LogP contribution in [0.3, 0.4) is 0 Å². The average molecular weight is 275 g/mol. The van der Waals surface area contributed by atoms with Gasteiger partial charge in [0.2, 0.25) is 0 Å². The molecule has 0 aliphatic carbocycles. The normalized spacial score (nSPS) is 17.9. The molecule has 1 atom stereocenters. The zero-order chi connectivity index (χ0) is 14.5. The maximum Gasteiger partial charge on any atom is 0.263 e. The van der Waals surface area contributed by atoms with Crippen LogP contribution in [-0.4, -0.2) is 30.0 Å². The van der Waals surface area contributed by atoms with Crippen LogP contribution < -0.4 is 4.74 Å². The summed E-state index contributed by atoms with van der Waals surface area (Å²) in [5, 5.41) is 0. The van der Waals surface area contributed by atoms with Crippen LogP contribution in [0, 0.1) is 5.92 Å². The first-order valence-electron chi connectivity index (χ1n) is 7.65. The highest BCUT2D eigenvalue weighted by Gasteiger charge is 2.25. The van der Waals surface area contributed by atoms with E-state index in [1.807, 2.05) is 30.0 Å². The van der Waals surface area contributed by atoms with Crippen molar-refractivity contribution >= 4 is 5.91 Å². The molecule has 0 spiro atoms. The summed E-state index contributed by atoms with van der Waals surface area (Å²) in [6.07, 6.45) is 2.71. The molecule has 1 aliphatic rings. The smallest absolute Gasteiger partial charge is 0.263 e. The predicted octanol–water partition coefficient (Wildman–Crippen LogP) is 3.27. The van der Waals surface area contributed by atoms with E-state index in [1.165, 1.54) is 0 Å². The lowest BCUT2D eigenvalue weighted by Gasteiger charge is -2.32. The van der Waals surface area contributed by atoms with Crippen LogP contribution in [0.5, 0.6) is 5.75 Å². The van der Waals surface area contributed by atoms with Crippen molar-refractivity contribution < 1.29 is 9.53 Å². The Balaban J connectivity index is 1.97. The number of carbonyl (C=O) groups is 1. The van der Waals surface area contributed by atoms with Crippen molar-refractivity contribution in [3.05, 3.63) is 29.8 Å². The molecular weight excluding hydrogens is 250 g/mol. The predicted molar refractivity (Wildman–Crippen MR) is 80.9 cm³/mol. The molecule has 1 aromatic carbocycles. The largest absolute Gasteiger partial charge is 0.481 e. The topological polar surface area (TPSA) is 29.5 Å². The molecule has 0 saturated carbocycles. The fraction of sp³-hybridized carbons (Fsp3) is 0.588. The van der Waals surface area contributed by atoms with Gasteiger partial charge < -0.3 is 9.64 Å². The van der Waals surface area contributed by atoms with Crippen LogP contribution in [0.15, 0.2) is 24.3 Å². The summed E-state index contributed by atoms with van der Waals surface area (Å²) in [7, 11) is 0. The van der Waals surface area contributed by atoms with Crippen molar-refractivity contribution in [1.82, 2.24) is 4.90 Å². The minimum absolute atomic E-state index is 0.114. The number of nitrogens with zero attached hydrogens (tertiary/aromatic N) is 1. The second-order valence-electron chi connectivity index (χ2n) is 5.73. The van der Waals surface area contributed by atoms with Gasteiger partial charge in [0.25, 0.3) is 5.91 Å². The number of hydrogen-bond donors (Lipinski definition) is 0. The average Bonchev–Trinajstić information content (AvgIpc) is 2.48. The van der Waals surface area contributed by atoms with Gasteiger partial charge in [-0.1, -0.05) is 32.0 Å². The van der Waals surface area contributed by atoms with E-state index in [0.717, 1.165) is 49.6 Å². The van der Waals surface area contributed by atoms with E-state index < -0.39 is 6.10 Å². The summed E-state index contributed by atoms with van der Waals surface area (Å²) >= 11 is 0. The highest BCUT2D eigenvalue weighted by Crippen LogP contribution is 2.21. The lowest BCUT2D eigenvalue weighted by Crippen LogP contribution is -2.44. The third-order valence-electron chi connectivity index (χ3n) is 4.10.